The number of nitrogens with two attached hydrogens (primary N) is 1. The molecule has 7 heteroatoms. The molecule has 1 atom stereocenters. The average molecular weight is 328 g/mol. The maximum Gasteiger partial charge on any atom is 0.227 e. The van der Waals surface area contributed by atoms with Gasteiger partial charge in [-0.1, -0.05) is 6.07 Å². The van der Waals surface area contributed by atoms with Gasteiger partial charge in [0.05, 0.1) is 12.5 Å². The number of anilines is 2. The molecule has 1 aromatic carbocycles. The summed E-state index contributed by atoms with van der Waals surface area (Å²) in [6.07, 6.45) is 1.83. The SMILES string of the molecule is COC(CN)CC(=O)Nc1cccc(NC(=O)C2CC2)c1.Cl. The second kappa shape index (κ2) is 8.73. The number of ether oxygens (including phenoxy) is 1. The molecule has 122 valence electrons. The lowest BCUT2D eigenvalue weighted by Gasteiger charge is -2.13. The topological polar surface area (TPSA) is 93.4 Å². The van der Waals surface area contributed by atoms with E-state index in [2.05, 4.69) is 10.6 Å². The van der Waals surface area contributed by atoms with Crippen LogP contribution in [0.2, 0.25) is 0 Å². The minimum absolute atomic E-state index is 0. The molecule has 1 unspecified atom stereocenters. The summed E-state index contributed by atoms with van der Waals surface area (Å²) in [6.45, 7) is 0.293. The van der Waals surface area contributed by atoms with Gasteiger partial charge in [-0.2, -0.15) is 0 Å². The highest BCUT2D eigenvalue weighted by atomic mass is 35.5. The van der Waals surface area contributed by atoms with Gasteiger partial charge < -0.3 is 21.1 Å². The van der Waals surface area contributed by atoms with Crippen LogP contribution in [0.25, 0.3) is 0 Å². The first-order chi connectivity index (χ1) is 10.1. The van der Waals surface area contributed by atoms with E-state index in [9.17, 15) is 9.59 Å². The first kappa shape index (κ1) is 18.4. The van der Waals surface area contributed by atoms with Crippen LogP contribution in [0.15, 0.2) is 24.3 Å². The maximum absolute atomic E-state index is 11.9. The molecule has 0 radical (unpaired) electrons. The molecule has 1 aliphatic rings. The lowest BCUT2D eigenvalue weighted by molar-refractivity contribution is -0.118. The average Bonchev–Trinajstić information content (AvgIpc) is 3.29. The quantitative estimate of drug-likeness (QED) is 0.711. The fourth-order valence-corrected chi connectivity index (χ4v) is 1.95. The standard InChI is InChI=1S/C15H21N3O3.ClH/c1-21-13(9-16)8-14(19)17-11-3-2-4-12(7-11)18-15(20)10-5-6-10;/h2-4,7,10,13H,5-6,8-9,16H2,1H3,(H,17,19)(H,18,20);1H. The fourth-order valence-electron chi connectivity index (χ4n) is 1.95. The summed E-state index contributed by atoms with van der Waals surface area (Å²) in [6, 6.07) is 7.10. The van der Waals surface area contributed by atoms with Gasteiger partial charge in [-0.25, -0.2) is 0 Å². The molecule has 0 aliphatic heterocycles. The molecular weight excluding hydrogens is 306 g/mol. The van der Waals surface area contributed by atoms with Crippen LogP contribution >= 0.6 is 12.4 Å². The van der Waals surface area contributed by atoms with E-state index >= 15 is 0 Å². The van der Waals surface area contributed by atoms with E-state index in [-0.39, 0.29) is 42.7 Å². The number of carbonyl (C=O) groups is 2. The lowest BCUT2D eigenvalue weighted by Crippen LogP contribution is -2.28. The molecule has 0 aromatic heterocycles. The molecule has 1 fully saturated rings. The number of methoxy groups -OCH3 is 1. The summed E-state index contributed by atoms with van der Waals surface area (Å²) in [5.41, 5.74) is 6.81. The van der Waals surface area contributed by atoms with E-state index in [1.54, 1.807) is 24.3 Å². The first-order valence-corrected chi connectivity index (χ1v) is 7.06. The number of carbonyl (C=O) groups excluding carboxylic acids is 2. The highest BCUT2D eigenvalue weighted by Crippen LogP contribution is 2.30. The second-order valence-corrected chi connectivity index (χ2v) is 5.19. The van der Waals surface area contributed by atoms with Gasteiger partial charge in [-0.05, 0) is 31.0 Å². The number of benzene rings is 1. The fraction of sp³-hybridized carbons (Fsp3) is 0.467. The number of nitrogens with one attached hydrogen (secondary N) is 2. The molecule has 4 N–H and O–H groups in total. The van der Waals surface area contributed by atoms with Crippen LogP contribution in [0.3, 0.4) is 0 Å². The number of hydrogen-bond acceptors (Lipinski definition) is 4. The predicted octanol–water partition coefficient (Wildman–Crippen LogP) is 1.76. The van der Waals surface area contributed by atoms with Crippen molar-refractivity contribution < 1.29 is 14.3 Å². The molecule has 2 rings (SSSR count). The van der Waals surface area contributed by atoms with E-state index in [4.69, 9.17) is 10.5 Å². The summed E-state index contributed by atoms with van der Waals surface area (Å²) in [5, 5.41) is 5.62. The molecule has 22 heavy (non-hydrogen) atoms. The second-order valence-electron chi connectivity index (χ2n) is 5.19. The van der Waals surface area contributed by atoms with Crippen molar-refractivity contribution in [2.75, 3.05) is 24.3 Å². The zero-order chi connectivity index (χ0) is 15.2. The van der Waals surface area contributed by atoms with E-state index in [1.807, 2.05) is 0 Å². The van der Waals surface area contributed by atoms with Crippen LogP contribution in [0.5, 0.6) is 0 Å². The van der Waals surface area contributed by atoms with Crippen molar-refractivity contribution in [1.82, 2.24) is 0 Å². The molecule has 1 aromatic rings. The summed E-state index contributed by atoms with van der Waals surface area (Å²) < 4.78 is 5.07. The Hall–Kier alpha value is -1.63. The van der Waals surface area contributed by atoms with Crippen LogP contribution in [0, 0.1) is 5.92 Å². The molecule has 1 aliphatic carbocycles. The molecule has 0 saturated heterocycles. The van der Waals surface area contributed by atoms with E-state index in [0.717, 1.165) is 12.8 Å². The minimum atomic E-state index is -0.289. The van der Waals surface area contributed by atoms with Crippen molar-refractivity contribution in [2.24, 2.45) is 11.7 Å². The van der Waals surface area contributed by atoms with Gasteiger partial charge in [0.15, 0.2) is 0 Å². The highest BCUT2D eigenvalue weighted by molar-refractivity contribution is 5.96. The number of amides is 2. The predicted molar refractivity (Wildman–Crippen MR) is 88.1 cm³/mol. The highest BCUT2D eigenvalue weighted by Gasteiger charge is 2.29. The molecule has 6 nitrogen and oxygen atoms in total. The Kier molecular flexibility index (Phi) is 7.31. The van der Waals surface area contributed by atoms with Crippen LogP contribution in [-0.4, -0.2) is 31.6 Å². The van der Waals surface area contributed by atoms with Crippen molar-refractivity contribution in [3.8, 4) is 0 Å². The van der Waals surface area contributed by atoms with E-state index < -0.39 is 0 Å². The number of halogens is 1. The Labute approximate surface area is 136 Å². The third-order valence-corrected chi connectivity index (χ3v) is 3.37. The lowest BCUT2D eigenvalue weighted by atomic mass is 10.2. The first-order valence-electron chi connectivity index (χ1n) is 7.06. The molecular formula is C15H22ClN3O3. The van der Waals surface area contributed by atoms with E-state index in [1.165, 1.54) is 7.11 Å². The van der Waals surface area contributed by atoms with Gasteiger partial charge >= 0.3 is 0 Å². The zero-order valence-electron chi connectivity index (χ0n) is 12.5. The monoisotopic (exact) mass is 327 g/mol. The van der Waals surface area contributed by atoms with Gasteiger partial charge in [0, 0.05) is 30.9 Å². The summed E-state index contributed by atoms with van der Waals surface area (Å²) >= 11 is 0. The third-order valence-electron chi connectivity index (χ3n) is 3.37. The van der Waals surface area contributed by atoms with Gasteiger partial charge in [0.2, 0.25) is 11.8 Å². The maximum atomic E-state index is 11.9. The Bertz CT molecular complexity index is 517. The number of hydrogen-bond donors (Lipinski definition) is 3. The summed E-state index contributed by atoms with van der Waals surface area (Å²) in [4.78, 5) is 23.6. The summed E-state index contributed by atoms with van der Waals surface area (Å²) in [7, 11) is 1.53. The summed E-state index contributed by atoms with van der Waals surface area (Å²) in [5.74, 6) is 0.0225. The largest absolute Gasteiger partial charge is 0.380 e. The zero-order valence-corrected chi connectivity index (χ0v) is 13.3. The van der Waals surface area contributed by atoms with Crippen LogP contribution < -0.4 is 16.4 Å². The van der Waals surface area contributed by atoms with Crippen LogP contribution in [0.4, 0.5) is 11.4 Å². The molecule has 0 bridgehead atoms. The minimum Gasteiger partial charge on any atom is -0.380 e. The Morgan fingerprint density at radius 3 is 2.50 bits per heavy atom. The van der Waals surface area contributed by atoms with Gasteiger partial charge in [-0.15, -0.1) is 12.4 Å². The Balaban J connectivity index is 0.00000242. The Morgan fingerprint density at radius 1 is 1.32 bits per heavy atom. The van der Waals surface area contributed by atoms with Crippen molar-refractivity contribution in [1.29, 1.82) is 0 Å². The number of rotatable bonds is 7. The van der Waals surface area contributed by atoms with Crippen molar-refractivity contribution >= 4 is 35.6 Å². The Morgan fingerprint density at radius 2 is 1.95 bits per heavy atom. The van der Waals surface area contributed by atoms with Crippen molar-refractivity contribution in [3.05, 3.63) is 24.3 Å². The van der Waals surface area contributed by atoms with E-state index in [0.29, 0.717) is 17.9 Å². The smallest absolute Gasteiger partial charge is 0.227 e. The van der Waals surface area contributed by atoms with Crippen molar-refractivity contribution in [3.63, 3.8) is 0 Å². The van der Waals surface area contributed by atoms with Gasteiger partial charge in [-0.3, -0.25) is 9.59 Å². The van der Waals surface area contributed by atoms with Gasteiger partial charge in [0.25, 0.3) is 0 Å². The molecule has 0 heterocycles. The van der Waals surface area contributed by atoms with Gasteiger partial charge in [0.1, 0.15) is 0 Å². The van der Waals surface area contributed by atoms with Crippen LogP contribution in [0.1, 0.15) is 19.3 Å². The van der Waals surface area contributed by atoms with Crippen LogP contribution in [-0.2, 0) is 14.3 Å². The third kappa shape index (κ3) is 5.63. The van der Waals surface area contributed by atoms with Crippen molar-refractivity contribution in [2.45, 2.75) is 25.4 Å². The molecule has 2 amide bonds. The normalized spacial score (nSPS) is 14.6. The molecule has 1 saturated carbocycles. The molecule has 0 spiro atoms.